The van der Waals surface area contributed by atoms with Crippen molar-refractivity contribution in [1.29, 1.82) is 0 Å². The van der Waals surface area contributed by atoms with E-state index < -0.39 is 5.82 Å². The van der Waals surface area contributed by atoms with E-state index >= 15 is 0 Å². The molecule has 0 aromatic heterocycles. The number of phenols is 1. The van der Waals surface area contributed by atoms with Crippen LogP contribution in [0, 0.1) is 5.82 Å². The quantitative estimate of drug-likeness (QED) is 0.771. The van der Waals surface area contributed by atoms with Gasteiger partial charge in [0.1, 0.15) is 5.82 Å². The van der Waals surface area contributed by atoms with Crippen molar-refractivity contribution < 1.29 is 14.2 Å². The molecule has 1 rings (SSSR count). The van der Waals surface area contributed by atoms with Gasteiger partial charge in [0.2, 0.25) is 0 Å². The van der Waals surface area contributed by atoms with Gasteiger partial charge >= 0.3 is 0 Å². The van der Waals surface area contributed by atoms with Crippen LogP contribution in [0.25, 0.3) is 0 Å². The lowest BCUT2D eigenvalue weighted by molar-refractivity contribution is 0.367. The first-order valence-electron chi connectivity index (χ1n) is 4.44. The molecule has 0 fully saturated rings. The maximum absolute atomic E-state index is 13.0. The number of nitrogens with two attached hydrogens (primary N) is 1. The summed E-state index contributed by atoms with van der Waals surface area (Å²) in [6, 6.07) is 2.45. The molecule has 4 heteroatoms. The van der Waals surface area contributed by atoms with Crippen LogP contribution in [-0.4, -0.2) is 18.8 Å². The highest BCUT2D eigenvalue weighted by molar-refractivity contribution is 5.45. The highest BCUT2D eigenvalue weighted by Crippen LogP contribution is 2.31. The highest BCUT2D eigenvalue weighted by Gasteiger charge is 2.09. The van der Waals surface area contributed by atoms with E-state index in [0.717, 1.165) is 6.07 Å². The summed E-state index contributed by atoms with van der Waals surface area (Å²) < 4.78 is 17.8. The van der Waals surface area contributed by atoms with E-state index in [4.69, 9.17) is 10.5 Å². The number of hydrogen-bond acceptors (Lipinski definition) is 3. The van der Waals surface area contributed by atoms with Crippen molar-refractivity contribution in [2.75, 3.05) is 13.7 Å². The zero-order valence-corrected chi connectivity index (χ0v) is 8.09. The summed E-state index contributed by atoms with van der Waals surface area (Å²) in [5, 5.41) is 9.61. The monoisotopic (exact) mass is 199 g/mol. The van der Waals surface area contributed by atoms with Crippen LogP contribution >= 0.6 is 0 Å². The summed E-state index contributed by atoms with van der Waals surface area (Å²) in [4.78, 5) is 0. The van der Waals surface area contributed by atoms with Gasteiger partial charge in [0, 0.05) is 11.6 Å². The van der Waals surface area contributed by atoms with Gasteiger partial charge in [-0.15, -0.1) is 0 Å². The Bertz CT molecular complexity index is 315. The van der Waals surface area contributed by atoms with E-state index in [1.807, 2.05) is 0 Å². The van der Waals surface area contributed by atoms with E-state index in [1.165, 1.54) is 13.2 Å². The van der Waals surface area contributed by atoms with Crippen LogP contribution < -0.4 is 10.5 Å². The molecule has 0 aliphatic rings. The normalized spacial score (nSPS) is 10.2. The second-order valence-corrected chi connectivity index (χ2v) is 3.01. The number of halogens is 1. The molecule has 0 saturated heterocycles. The van der Waals surface area contributed by atoms with Crippen molar-refractivity contribution in [2.24, 2.45) is 5.73 Å². The minimum absolute atomic E-state index is 0.00218. The smallest absolute Gasteiger partial charge is 0.163 e. The van der Waals surface area contributed by atoms with Gasteiger partial charge in [0.15, 0.2) is 11.5 Å². The first-order valence-corrected chi connectivity index (χ1v) is 4.44. The number of phenolic OH excluding ortho intramolecular Hbond substituents is 1. The molecular weight excluding hydrogens is 185 g/mol. The molecule has 14 heavy (non-hydrogen) atoms. The third-order valence-corrected chi connectivity index (χ3v) is 1.99. The Morgan fingerprint density at radius 2 is 2.21 bits per heavy atom. The average Bonchev–Trinajstić information content (AvgIpc) is 2.18. The Morgan fingerprint density at radius 1 is 1.50 bits per heavy atom. The van der Waals surface area contributed by atoms with Crippen LogP contribution in [0.2, 0.25) is 0 Å². The molecule has 0 heterocycles. The molecule has 0 amide bonds. The van der Waals surface area contributed by atoms with Crippen molar-refractivity contribution in [3.63, 3.8) is 0 Å². The van der Waals surface area contributed by atoms with Crippen LogP contribution in [0.4, 0.5) is 4.39 Å². The van der Waals surface area contributed by atoms with Gasteiger partial charge in [-0.3, -0.25) is 0 Å². The lowest BCUT2D eigenvalue weighted by atomic mass is 10.1. The van der Waals surface area contributed by atoms with Crippen LogP contribution in [0.5, 0.6) is 11.5 Å². The topological polar surface area (TPSA) is 55.5 Å². The van der Waals surface area contributed by atoms with Gasteiger partial charge in [-0.25, -0.2) is 4.39 Å². The fourth-order valence-electron chi connectivity index (χ4n) is 1.27. The van der Waals surface area contributed by atoms with Crippen LogP contribution in [0.3, 0.4) is 0 Å². The molecule has 1 aromatic rings. The molecule has 0 saturated carbocycles. The fraction of sp³-hybridized carbons (Fsp3) is 0.400. The van der Waals surface area contributed by atoms with Crippen LogP contribution in [0.15, 0.2) is 12.1 Å². The van der Waals surface area contributed by atoms with Crippen LogP contribution in [-0.2, 0) is 6.42 Å². The molecule has 0 bridgehead atoms. The Morgan fingerprint density at radius 3 is 2.79 bits per heavy atom. The predicted molar refractivity (Wildman–Crippen MR) is 52.0 cm³/mol. The lowest BCUT2D eigenvalue weighted by Gasteiger charge is -2.08. The summed E-state index contributed by atoms with van der Waals surface area (Å²) in [7, 11) is 1.39. The van der Waals surface area contributed by atoms with Crippen molar-refractivity contribution in [2.45, 2.75) is 12.8 Å². The predicted octanol–water partition coefficient (Wildman–Crippen LogP) is 1.43. The molecule has 0 atom stereocenters. The van der Waals surface area contributed by atoms with E-state index in [9.17, 15) is 9.50 Å². The van der Waals surface area contributed by atoms with E-state index in [2.05, 4.69) is 0 Å². The second kappa shape index (κ2) is 4.81. The zero-order valence-electron chi connectivity index (χ0n) is 8.09. The summed E-state index contributed by atoms with van der Waals surface area (Å²) in [6.07, 6.45) is 1.26. The van der Waals surface area contributed by atoms with Gasteiger partial charge in [-0.2, -0.15) is 0 Å². The Kier molecular flexibility index (Phi) is 3.71. The Labute approximate surface area is 82.3 Å². The molecule has 0 spiro atoms. The van der Waals surface area contributed by atoms with Crippen LogP contribution in [0.1, 0.15) is 12.0 Å². The SMILES string of the molecule is COc1cc(F)cc(CCCN)c1O. The lowest BCUT2D eigenvalue weighted by Crippen LogP contribution is -2.01. The third kappa shape index (κ3) is 2.35. The summed E-state index contributed by atoms with van der Waals surface area (Å²) in [5.74, 6) is -0.244. The number of methoxy groups -OCH3 is 1. The summed E-state index contributed by atoms with van der Waals surface area (Å²) in [5.41, 5.74) is 5.86. The van der Waals surface area contributed by atoms with Gasteiger partial charge < -0.3 is 15.6 Å². The van der Waals surface area contributed by atoms with Gasteiger partial charge in [-0.05, 0) is 25.5 Å². The minimum atomic E-state index is -0.410. The van der Waals surface area contributed by atoms with Crippen molar-refractivity contribution in [3.8, 4) is 11.5 Å². The standard InChI is InChI=1S/C10H14FNO2/c1-14-9-6-8(11)5-7(10(9)13)3-2-4-12/h5-6,13H,2-4,12H2,1H3. The van der Waals surface area contributed by atoms with E-state index in [-0.39, 0.29) is 11.5 Å². The maximum Gasteiger partial charge on any atom is 0.163 e. The molecule has 3 N–H and O–H groups in total. The van der Waals surface area contributed by atoms with Crippen molar-refractivity contribution in [1.82, 2.24) is 0 Å². The van der Waals surface area contributed by atoms with Crippen molar-refractivity contribution in [3.05, 3.63) is 23.5 Å². The highest BCUT2D eigenvalue weighted by atomic mass is 19.1. The third-order valence-electron chi connectivity index (χ3n) is 1.99. The first-order chi connectivity index (χ1) is 6.69. The van der Waals surface area contributed by atoms with Gasteiger partial charge in [0.25, 0.3) is 0 Å². The van der Waals surface area contributed by atoms with E-state index in [0.29, 0.717) is 24.9 Å². The first kappa shape index (κ1) is 10.8. The molecule has 0 radical (unpaired) electrons. The largest absolute Gasteiger partial charge is 0.504 e. The van der Waals surface area contributed by atoms with Crippen molar-refractivity contribution >= 4 is 0 Å². The number of rotatable bonds is 4. The zero-order chi connectivity index (χ0) is 10.6. The summed E-state index contributed by atoms with van der Waals surface area (Å²) in [6.45, 7) is 0.512. The Hall–Kier alpha value is -1.29. The minimum Gasteiger partial charge on any atom is -0.504 e. The summed E-state index contributed by atoms with van der Waals surface area (Å²) >= 11 is 0. The molecule has 0 aliphatic carbocycles. The van der Waals surface area contributed by atoms with Gasteiger partial charge in [-0.1, -0.05) is 0 Å². The Balaban J connectivity index is 2.96. The molecule has 0 unspecified atom stereocenters. The number of aromatic hydroxyl groups is 1. The number of benzene rings is 1. The second-order valence-electron chi connectivity index (χ2n) is 3.01. The number of ether oxygens (including phenoxy) is 1. The molecule has 0 aliphatic heterocycles. The number of aryl methyl sites for hydroxylation is 1. The maximum atomic E-state index is 13.0. The molecule has 78 valence electrons. The molecular formula is C10H14FNO2. The molecule has 1 aromatic carbocycles. The molecule has 3 nitrogen and oxygen atoms in total. The number of hydrogen-bond donors (Lipinski definition) is 2. The fourth-order valence-corrected chi connectivity index (χ4v) is 1.27. The van der Waals surface area contributed by atoms with E-state index in [1.54, 1.807) is 0 Å². The van der Waals surface area contributed by atoms with Gasteiger partial charge in [0.05, 0.1) is 7.11 Å². The average molecular weight is 199 g/mol.